The van der Waals surface area contributed by atoms with E-state index in [2.05, 4.69) is 38.2 Å². The Morgan fingerprint density at radius 1 is 0.595 bits per heavy atom. The molecule has 37 heavy (non-hydrogen) atoms. The third-order valence-electron chi connectivity index (χ3n) is 6.93. The lowest BCUT2D eigenvalue weighted by molar-refractivity contribution is -0.150. The highest BCUT2D eigenvalue weighted by atomic mass is 16.5. The molecular weight excluding hydrogens is 460 g/mol. The molecule has 0 saturated heterocycles. The van der Waals surface area contributed by atoms with E-state index in [0.29, 0.717) is 6.42 Å². The van der Waals surface area contributed by atoms with Crippen LogP contribution >= 0.6 is 0 Å². The van der Waals surface area contributed by atoms with E-state index in [0.717, 1.165) is 83.5 Å². The number of unbranched alkanes of at least 4 members (excludes halogenated alkanes) is 15. The van der Waals surface area contributed by atoms with E-state index < -0.39 is 5.97 Å². The minimum absolute atomic E-state index is 0.0131. The van der Waals surface area contributed by atoms with Crippen molar-refractivity contribution in [2.45, 2.75) is 174 Å². The first-order chi connectivity index (χ1) is 18.1. The van der Waals surface area contributed by atoms with Gasteiger partial charge in [0.2, 0.25) is 0 Å². The molecule has 1 unspecified atom stereocenters. The van der Waals surface area contributed by atoms with Crippen LogP contribution in [0.25, 0.3) is 0 Å². The van der Waals surface area contributed by atoms with E-state index in [-0.39, 0.29) is 18.5 Å². The molecule has 0 saturated carbocycles. The normalized spacial score (nSPS) is 12.5. The lowest BCUT2D eigenvalue weighted by atomic mass is 10.0. The zero-order valence-corrected chi connectivity index (χ0v) is 24.5. The summed E-state index contributed by atoms with van der Waals surface area (Å²) in [6, 6.07) is 0. The summed E-state index contributed by atoms with van der Waals surface area (Å²) in [6.45, 7) is 4.45. The molecule has 4 heteroatoms. The third kappa shape index (κ3) is 28.8. The van der Waals surface area contributed by atoms with Gasteiger partial charge in [0.25, 0.3) is 0 Å². The van der Waals surface area contributed by atoms with Crippen LogP contribution in [0.15, 0.2) is 24.3 Å². The summed E-state index contributed by atoms with van der Waals surface area (Å²) >= 11 is 0. The predicted octanol–water partition coefficient (Wildman–Crippen LogP) is 10.5. The van der Waals surface area contributed by atoms with Crippen molar-refractivity contribution in [1.29, 1.82) is 0 Å². The molecule has 0 radical (unpaired) electrons. The van der Waals surface area contributed by atoms with Crippen molar-refractivity contribution in [3.8, 4) is 0 Å². The summed E-state index contributed by atoms with van der Waals surface area (Å²) in [4.78, 5) is 23.0. The van der Waals surface area contributed by atoms with Gasteiger partial charge in [0, 0.05) is 12.8 Å². The van der Waals surface area contributed by atoms with Gasteiger partial charge < -0.3 is 9.84 Å². The van der Waals surface area contributed by atoms with E-state index in [1.807, 2.05) is 0 Å². The van der Waals surface area contributed by atoms with E-state index in [1.54, 1.807) is 0 Å². The van der Waals surface area contributed by atoms with Gasteiger partial charge in [0.1, 0.15) is 6.10 Å². The molecule has 0 aromatic heterocycles. The Hall–Kier alpha value is -1.58. The van der Waals surface area contributed by atoms with Gasteiger partial charge in [-0.2, -0.15) is 0 Å². The maximum atomic E-state index is 12.4. The SMILES string of the molecule is CCCCC/C=C\C/C=C\CCCCCCCC(=O)OC(CCCCC)CCCCCCCCC(=O)O. The van der Waals surface area contributed by atoms with Gasteiger partial charge in [-0.05, 0) is 70.6 Å². The average molecular weight is 521 g/mol. The number of ether oxygens (including phenoxy) is 1. The van der Waals surface area contributed by atoms with E-state index >= 15 is 0 Å². The van der Waals surface area contributed by atoms with Gasteiger partial charge in [-0.15, -0.1) is 0 Å². The predicted molar refractivity (Wildman–Crippen MR) is 158 cm³/mol. The van der Waals surface area contributed by atoms with Gasteiger partial charge in [0.05, 0.1) is 0 Å². The topological polar surface area (TPSA) is 63.6 Å². The van der Waals surface area contributed by atoms with Crippen LogP contribution in [0.4, 0.5) is 0 Å². The molecule has 0 heterocycles. The highest BCUT2D eigenvalue weighted by molar-refractivity contribution is 5.69. The van der Waals surface area contributed by atoms with Gasteiger partial charge >= 0.3 is 11.9 Å². The highest BCUT2D eigenvalue weighted by Crippen LogP contribution is 2.17. The number of rotatable bonds is 28. The minimum atomic E-state index is -0.698. The number of aliphatic carboxylic acids is 1. The number of hydrogen-bond acceptors (Lipinski definition) is 3. The summed E-state index contributed by atoms with van der Waals surface area (Å²) in [5, 5.41) is 8.70. The fourth-order valence-electron chi connectivity index (χ4n) is 4.57. The van der Waals surface area contributed by atoms with Crippen molar-refractivity contribution < 1.29 is 19.4 Å². The first-order valence-electron chi connectivity index (χ1n) is 15.8. The molecule has 0 aliphatic rings. The van der Waals surface area contributed by atoms with Crippen LogP contribution in [0.2, 0.25) is 0 Å². The van der Waals surface area contributed by atoms with Crippen LogP contribution in [0.5, 0.6) is 0 Å². The number of carboxylic acid groups (broad SMARTS) is 1. The Labute approximate surface area is 229 Å². The first-order valence-corrected chi connectivity index (χ1v) is 15.8. The first kappa shape index (κ1) is 35.4. The number of carbonyl (C=O) groups is 2. The van der Waals surface area contributed by atoms with Crippen molar-refractivity contribution in [3.63, 3.8) is 0 Å². The lowest BCUT2D eigenvalue weighted by Crippen LogP contribution is -2.18. The zero-order chi connectivity index (χ0) is 27.2. The molecule has 0 bridgehead atoms. The quantitative estimate of drug-likeness (QED) is 0.0633. The molecule has 0 fully saturated rings. The maximum Gasteiger partial charge on any atom is 0.306 e. The monoisotopic (exact) mass is 520 g/mol. The maximum absolute atomic E-state index is 12.4. The second kappa shape index (κ2) is 29.0. The van der Waals surface area contributed by atoms with E-state index in [4.69, 9.17) is 9.84 Å². The molecule has 0 aromatic carbocycles. The number of carboxylic acids is 1. The Bertz CT molecular complexity index is 567. The van der Waals surface area contributed by atoms with E-state index in [9.17, 15) is 9.59 Å². The van der Waals surface area contributed by atoms with Crippen molar-refractivity contribution in [1.82, 2.24) is 0 Å². The zero-order valence-electron chi connectivity index (χ0n) is 24.5. The average Bonchev–Trinajstić information content (AvgIpc) is 2.87. The van der Waals surface area contributed by atoms with Crippen molar-refractivity contribution in [2.75, 3.05) is 0 Å². The van der Waals surface area contributed by atoms with Gasteiger partial charge in [-0.25, -0.2) is 0 Å². The Morgan fingerprint density at radius 3 is 1.65 bits per heavy atom. The molecule has 0 rings (SSSR count). The summed E-state index contributed by atoms with van der Waals surface area (Å²) in [5.74, 6) is -0.711. The summed E-state index contributed by atoms with van der Waals surface area (Å²) in [6.07, 6.45) is 34.9. The Morgan fingerprint density at radius 2 is 1.05 bits per heavy atom. The van der Waals surface area contributed by atoms with Crippen molar-refractivity contribution in [2.24, 2.45) is 0 Å². The number of allylic oxidation sites excluding steroid dienone is 4. The molecule has 0 spiro atoms. The molecule has 0 aliphatic carbocycles. The molecule has 216 valence electrons. The van der Waals surface area contributed by atoms with Crippen LogP contribution in [0, 0.1) is 0 Å². The smallest absolute Gasteiger partial charge is 0.306 e. The van der Waals surface area contributed by atoms with Crippen LogP contribution in [-0.2, 0) is 14.3 Å². The molecule has 1 N–H and O–H groups in total. The fraction of sp³-hybridized carbons (Fsp3) is 0.818. The molecule has 0 aromatic rings. The van der Waals surface area contributed by atoms with Gasteiger partial charge in [-0.3, -0.25) is 9.59 Å². The Kier molecular flexibility index (Phi) is 27.7. The van der Waals surface area contributed by atoms with Gasteiger partial charge in [-0.1, -0.05) is 109 Å². The fourth-order valence-corrected chi connectivity index (χ4v) is 4.57. The van der Waals surface area contributed by atoms with Crippen LogP contribution in [0.1, 0.15) is 168 Å². The largest absolute Gasteiger partial charge is 0.481 e. The molecule has 1 atom stereocenters. The third-order valence-corrected chi connectivity index (χ3v) is 6.93. The van der Waals surface area contributed by atoms with Gasteiger partial charge in [0.15, 0.2) is 0 Å². The lowest BCUT2D eigenvalue weighted by Gasteiger charge is -2.18. The van der Waals surface area contributed by atoms with E-state index in [1.165, 1.54) is 57.8 Å². The Balaban J connectivity index is 3.81. The van der Waals surface area contributed by atoms with Crippen LogP contribution in [0.3, 0.4) is 0 Å². The number of carbonyl (C=O) groups excluding carboxylic acids is 1. The minimum Gasteiger partial charge on any atom is -0.481 e. The second-order valence-corrected chi connectivity index (χ2v) is 10.6. The summed E-state index contributed by atoms with van der Waals surface area (Å²) in [7, 11) is 0. The number of esters is 1. The van der Waals surface area contributed by atoms with Crippen molar-refractivity contribution >= 4 is 11.9 Å². The summed E-state index contributed by atoms with van der Waals surface area (Å²) < 4.78 is 5.87. The summed E-state index contributed by atoms with van der Waals surface area (Å²) in [5.41, 5.74) is 0. The van der Waals surface area contributed by atoms with Crippen LogP contribution < -0.4 is 0 Å². The molecule has 0 aliphatic heterocycles. The standard InChI is InChI=1S/C33H60O4/c1-3-5-7-8-9-10-11-12-13-14-15-16-17-22-26-30-33(36)37-31(27-23-6-4-2)28-24-20-18-19-21-25-29-32(34)35/h9-10,12-13,31H,3-8,11,14-30H2,1-2H3,(H,34,35)/b10-9-,13-12-. The second-order valence-electron chi connectivity index (χ2n) is 10.6. The molecular formula is C33H60O4. The highest BCUT2D eigenvalue weighted by Gasteiger charge is 2.14. The number of hydrogen-bond donors (Lipinski definition) is 1. The molecule has 0 amide bonds. The van der Waals surface area contributed by atoms with Crippen LogP contribution in [-0.4, -0.2) is 23.1 Å². The molecule has 4 nitrogen and oxygen atoms in total. The van der Waals surface area contributed by atoms with Crippen molar-refractivity contribution in [3.05, 3.63) is 24.3 Å².